The van der Waals surface area contributed by atoms with E-state index in [0.717, 1.165) is 17.7 Å². The first kappa shape index (κ1) is 15.3. The van der Waals surface area contributed by atoms with E-state index in [0.29, 0.717) is 18.0 Å². The van der Waals surface area contributed by atoms with E-state index in [4.69, 9.17) is 5.73 Å². The zero-order valence-corrected chi connectivity index (χ0v) is 12.2. The van der Waals surface area contributed by atoms with Crippen molar-refractivity contribution in [2.24, 2.45) is 0 Å². The summed E-state index contributed by atoms with van der Waals surface area (Å²) in [5.41, 5.74) is 6.48. The van der Waals surface area contributed by atoms with Crippen LogP contribution in [0.2, 0.25) is 0 Å². The molecule has 0 aliphatic rings. The number of anilines is 1. The van der Waals surface area contributed by atoms with Crippen molar-refractivity contribution >= 4 is 27.5 Å². The van der Waals surface area contributed by atoms with Gasteiger partial charge >= 0.3 is 0 Å². The van der Waals surface area contributed by atoms with Gasteiger partial charge in [0.1, 0.15) is 0 Å². The van der Waals surface area contributed by atoms with E-state index in [2.05, 4.69) is 4.72 Å². The Bertz CT molecular complexity index is 461. The first-order valence-corrected chi connectivity index (χ1v) is 8.63. The number of nitrogen functional groups attached to an aromatic ring is 1. The number of nitrogens with two attached hydrogens (primary N) is 1. The largest absolute Gasteiger partial charge is 0.398 e. The highest BCUT2D eigenvalue weighted by molar-refractivity contribution is 8.00. The summed E-state index contributed by atoms with van der Waals surface area (Å²) in [4.78, 5) is 0.932. The normalized spacial score (nSPS) is 11.6. The lowest BCUT2D eigenvalue weighted by Gasteiger charge is -2.07. The number of benzene rings is 1. The summed E-state index contributed by atoms with van der Waals surface area (Å²) >= 11 is 1.47. The number of thioether (sulfide) groups is 1. The smallest absolute Gasteiger partial charge is 0.212 e. The molecule has 18 heavy (non-hydrogen) atoms. The quantitative estimate of drug-likeness (QED) is 0.436. The lowest BCUT2D eigenvalue weighted by atomic mass is 10.3. The standard InChI is InChI=1S/C12H20N2O2S2/c1-2-3-8-14-18(15,16)10-9-17-12-7-5-4-6-11(12)13/h4-7,14H,2-3,8-10,13H2,1H3. The van der Waals surface area contributed by atoms with Crippen LogP contribution in [0.5, 0.6) is 0 Å². The zero-order valence-electron chi connectivity index (χ0n) is 10.6. The molecule has 0 atom stereocenters. The van der Waals surface area contributed by atoms with Crippen LogP contribution in [0.3, 0.4) is 0 Å². The molecule has 0 spiro atoms. The van der Waals surface area contributed by atoms with Gasteiger partial charge < -0.3 is 5.73 Å². The predicted octanol–water partition coefficient (Wildman–Crippen LogP) is 2.08. The third-order valence-electron chi connectivity index (χ3n) is 2.38. The Kier molecular flexibility index (Phi) is 6.52. The SMILES string of the molecule is CCCCNS(=O)(=O)CCSc1ccccc1N. The number of hydrogen-bond donors (Lipinski definition) is 2. The highest BCUT2D eigenvalue weighted by atomic mass is 32.2. The second-order valence-corrected chi connectivity index (χ2v) is 7.02. The van der Waals surface area contributed by atoms with E-state index in [1.165, 1.54) is 11.8 Å². The highest BCUT2D eigenvalue weighted by Gasteiger charge is 2.09. The monoisotopic (exact) mass is 288 g/mol. The van der Waals surface area contributed by atoms with Gasteiger partial charge in [-0.15, -0.1) is 11.8 Å². The Hall–Kier alpha value is -0.720. The van der Waals surface area contributed by atoms with E-state index in [1.54, 1.807) is 0 Å². The first-order valence-electron chi connectivity index (χ1n) is 6.00. The van der Waals surface area contributed by atoms with Crippen molar-refractivity contribution in [3.8, 4) is 0 Å². The fraction of sp³-hybridized carbons (Fsp3) is 0.500. The van der Waals surface area contributed by atoms with Gasteiger partial charge in [-0.25, -0.2) is 13.1 Å². The summed E-state index contributed by atoms with van der Waals surface area (Å²) in [5, 5.41) is 0. The van der Waals surface area contributed by atoms with Crippen molar-refractivity contribution in [2.45, 2.75) is 24.7 Å². The van der Waals surface area contributed by atoms with Crippen LogP contribution in [0.15, 0.2) is 29.2 Å². The lowest BCUT2D eigenvalue weighted by Crippen LogP contribution is -2.28. The molecule has 1 aromatic carbocycles. The van der Waals surface area contributed by atoms with E-state index in [-0.39, 0.29) is 5.75 Å². The molecule has 0 saturated heterocycles. The van der Waals surface area contributed by atoms with Gasteiger partial charge in [0.15, 0.2) is 0 Å². The number of sulfonamides is 1. The van der Waals surface area contributed by atoms with E-state index < -0.39 is 10.0 Å². The minimum Gasteiger partial charge on any atom is -0.398 e. The number of para-hydroxylation sites is 1. The Morgan fingerprint density at radius 1 is 1.33 bits per heavy atom. The molecular formula is C12H20N2O2S2. The molecule has 0 amide bonds. The van der Waals surface area contributed by atoms with Gasteiger partial charge in [-0.3, -0.25) is 0 Å². The van der Waals surface area contributed by atoms with Crippen LogP contribution in [0.1, 0.15) is 19.8 Å². The van der Waals surface area contributed by atoms with Crippen molar-refractivity contribution in [2.75, 3.05) is 23.8 Å². The maximum absolute atomic E-state index is 11.6. The molecule has 3 N–H and O–H groups in total. The first-order chi connectivity index (χ1) is 8.55. The Balaban J connectivity index is 2.35. The fourth-order valence-corrected chi connectivity index (χ4v) is 3.79. The molecule has 1 rings (SSSR count). The van der Waals surface area contributed by atoms with Gasteiger partial charge in [0.2, 0.25) is 10.0 Å². The Morgan fingerprint density at radius 2 is 2.06 bits per heavy atom. The van der Waals surface area contributed by atoms with Gasteiger partial charge in [0.05, 0.1) is 5.75 Å². The summed E-state index contributed by atoms with van der Waals surface area (Å²) in [5.74, 6) is 0.630. The predicted molar refractivity (Wildman–Crippen MR) is 78.3 cm³/mol. The van der Waals surface area contributed by atoms with Crippen LogP contribution in [0.4, 0.5) is 5.69 Å². The average Bonchev–Trinajstić information content (AvgIpc) is 2.32. The summed E-state index contributed by atoms with van der Waals surface area (Å²) in [6.45, 7) is 2.55. The number of unbranched alkanes of at least 4 members (excludes halogenated alkanes) is 1. The van der Waals surface area contributed by atoms with Crippen molar-refractivity contribution < 1.29 is 8.42 Å². The van der Waals surface area contributed by atoms with E-state index >= 15 is 0 Å². The van der Waals surface area contributed by atoms with Crippen LogP contribution in [0, 0.1) is 0 Å². The van der Waals surface area contributed by atoms with Gasteiger partial charge in [0.25, 0.3) is 0 Å². The van der Waals surface area contributed by atoms with Crippen molar-refractivity contribution in [3.63, 3.8) is 0 Å². The second-order valence-electron chi connectivity index (χ2n) is 3.95. The molecule has 0 heterocycles. The summed E-state index contributed by atoms with van der Waals surface area (Å²) < 4.78 is 25.8. The molecule has 0 unspecified atom stereocenters. The van der Waals surface area contributed by atoms with Crippen LogP contribution < -0.4 is 10.5 Å². The summed E-state index contributed by atoms with van der Waals surface area (Å²) in [6.07, 6.45) is 1.86. The molecule has 0 aliphatic heterocycles. The molecule has 0 aliphatic carbocycles. The van der Waals surface area contributed by atoms with Crippen molar-refractivity contribution in [1.82, 2.24) is 4.72 Å². The van der Waals surface area contributed by atoms with Crippen LogP contribution >= 0.6 is 11.8 Å². The summed E-state index contributed by atoms with van der Waals surface area (Å²) in [6, 6.07) is 7.47. The molecule has 4 nitrogen and oxygen atoms in total. The maximum atomic E-state index is 11.6. The Labute approximate surface area is 113 Å². The van der Waals surface area contributed by atoms with E-state index in [9.17, 15) is 8.42 Å². The average molecular weight is 288 g/mol. The fourth-order valence-electron chi connectivity index (χ4n) is 1.35. The molecule has 1 aromatic rings. The number of rotatable bonds is 8. The zero-order chi connectivity index (χ0) is 13.4. The topological polar surface area (TPSA) is 72.2 Å². The minimum atomic E-state index is -3.15. The van der Waals surface area contributed by atoms with Gasteiger partial charge in [-0.2, -0.15) is 0 Å². The summed E-state index contributed by atoms with van der Waals surface area (Å²) in [7, 11) is -3.15. The van der Waals surface area contributed by atoms with Gasteiger partial charge in [-0.1, -0.05) is 25.5 Å². The lowest BCUT2D eigenvalue weighted by molar-refractivity contribution is 0.580. The highest BCUT2D eigenvalue weighted by Crippen LogP contribution is 2.24. The molecule has 0 aromatic heterocycles. The third-order valence-corrected chi connectivity index (χ3v) is 5.12. The van der Waals surface area contributed by atoms with Crippen molar-refractivity contribution in [1.29, 1.82) is 0 Å². The minimum absolute atomic E-state index is 0.121. The molecule has 6 heteroatoms. The maximum Gasteiger partial charge on any atom is 0.212 e. The molecule has 0 fully saturated rings. The number of hydrogen-bond acceptors (Lipinski definition) is 4. The molecule has 0 saturated carbocycles. The van der Waals surface area contributed by atoms with Crippen molar-refractivity contribution in [3.05, 3.63) is 24.3 Å². The van der Waals surface area contributed by atoms with E-state index in [1.807, 2.05) is 31.2 Å². The van der Waals surface area contributed by atoms with Crippen LogP contribution in [0.25, 0.3) is 0 Å². The second kappa shape index (κ2) is 7.66. The van der Waals surface area contributed by atoms with Crippen LogP contribution in [-0.4, -0.2) is 26.5 Å². The number of nitrogens with one attached hydrogen (secondary N) is 1. The molecule has 0 radical (unpaired) electrons. The molecule has 0 bridgehead atoms. The molecular weight excluding hydrogens is 268 g/mol. The third kappa shape index (κ3) is 5.75. The van der Waals surface area contributed by atoms with Gasteiger partial charge in [-0.05, 0) is 18.6 Å². The molecule has 102 valence electrons. The van der Waals surface area contributed by atoms with Gasteiger partial charge in [0, 0.05) is 22.9 Å². The van der Waals surface area contributed by atoms with Crippen LogP contribution in [-0.2, 0) is 10.0 Å². The Morgan fingerprint density at radius 3 is 2.72 bits per heavy atom.